The Bertz CT molecular complexity index is 699. The van der Waals surface area contributed by atoms with Crippen LogP contribution < -0.4 is 5.73 Å². The molecule has 0 fully saturated rings. The highest BCUT2D eigenvalue weighted by molar-refractivity contribution is 5.62. The molecule has 0 amide bonds. The Hall–Kier alpha value is -2.39. The summed E-state index contributed by atoms with van der Waals surface area (Å²) in [6.45, 7) is 2.10. The number of rotatable bonds is 4. The normalized spacial score (nSPS) is 12.3. The molecule has 3 heteroatoms. The zero-order chi connectivity index (χ0) is 14.7. The van der Waals surface area contributed by atoms with Gasteiger partial charge in [0, 0.05) is 17.8 Å². The molecule has 0 bridgehead atoms. The van der Waals surface area contributed by atoms with Crippen molar-refractivity contribution < 1.29 is 0 Å². The first-order valence-corrected chi connectivity index (χ1v) is 7.24. The quantitative estimate of drug-likeness (QED) is 0.784. The van der Waals surface area contributed by atoms with Crippen molar-refractivity contribution in [2.24, 2.45) is 5.73 Å². The molecule has 0 spiro atoms. The second kappa shape index (κ2) is 5.94. The van der Waals surface area contributed by atoms with Gasteiger partial charge in [0.2, 0.25) is 0 Å². The lowest BCUT2D eigenvalue weighted by atomic mass is 10.0. The second-order valence-corrected chi connectivity index (χ2v) is 5.15. The molecule has 21 heavy (non-hydrogen) atoms. The van der Waals surface area contributed by atoms with Gasteiger partial charge in [-0.1, -0.05) is 49.4 Å². The smallest absolute Gasteiger partial charge is 0.0645 e. The molecule has 0 aliphatic rings. The fraction of sp³-hybridized carbons (Fsp3) is 0.167. The summed E-state index contributed by atoms with van der Waals surface area (Å²) in [5.74, 6) is 0. The van der Waals surface area contributed by atoms with Crippen LogP contribution in [-0.4, -0.2) is 9.78 Å². The van der Waals surface area contributed by atoms with Crippen LogP contribution in [0.15, 0.2) is 67.0 Å². The van der Waals surface area contributed by atoms with E-state index >= 15 is 0 Å². The fourth-order valence-corrected chi connectivity index (χ4v) is 2.35. The van der Waals surface area contributed by atoms with E-state index in [0.717, 1.165) is 23.2 Å². The van der Waals surface area contributed by atoms with Gasteiger partial charge in [0.05, 0.1) is 11.9 Å². The lowest BCUT2D eigenvalue weighted by molar-refractivity contribution is 0.699. The third-order valence-electron chi connectivity index (χ3n) is 3.72. The summed E-state index contributed by atoms with van der Waals surface area (Å²) < 4.78 is 1.89. The predicted molar refractivity (Wildman–Crippen MR) is 86.2 cm³/mol. The molecule has 3 nitrogen and oxygen atoms in total. The molecule has 0 aliphatic carbocycles. The molecular formula is C18H19N3. The second-order valence-electron chi connectivity index (χ2n) is 5.15. The summed E-state index contributed by atoms with van der Waals surface area (Å²) in [4.78, 5) is 0. The van der Waals surface area contributed by atoms with Gasteiger partial charge >= 0.3 is 0 Å². The SMILES string of the molecule is CCC(N)c1ccc(-c2cnn(-c3ccccc3)c2)cc1. The van der Waals surface area contributed by atoms with Gasteiger partial charge < -0.3 is 5.73 Å². The first kappa shape index (κ1) is 13.6. The molecule has 1 heterocycles. The van der Waals surface area contributed by atoms with E-state index in [0.29, 0.717) is 0 Å². The summed E-state index contributed by atoms with van der Waals surface area (Å²) in [6.07, 6.45) is 4.89. The maximum Gasteiger partial charge on any atom is 0.0645 e. The number of benzene rings is 2. The highest BCUT2D eigenvalue weighted by Crippen LogP contribution is 2.22. The molecule has 0 radical (unpaired) electrons. The third kappa shape index (κ3) is 2.88. The fourth-order valence-electron chi connectivity index (χ4n) is 2.35. The number of para-hydroxylation sites is 1. The first-order chi connectivity index (χ1) is 10.3. The van der Waals surface area contributed by atoms with Crippen molar-refractivity contribution in [3.8, 4) is 16.8 Å². The van der Waals surface area contributed by atoms with Crippen molar-refractivity contribution in [2.45, 2.75) is 19.4 Å². The Labute approximate surface area is 125 Å². The Balaban J connectivity index is 1.86. The zero-order valence-corrected chi connectivity index (χ0v) is 12.1. The summed E-state index contributed by atoms with van der Waals surface area (Å²) in [7, 11) is 0. The molecule has 0 saturated heterocycles. The van der Waals surface area contributed by atoms with Crippen molar-refractivity contribution in [3.05, 3.63) is 72.6 Å². The lowest BCUT2D eigenvalue weighted by Gasteiger charge is -2.09. The van der Waals surface area contributed by atoms with Crippen LogP contribution in [0.4, 0.5) is 0 Å². The van der Waals surface area contributed by atoms with Crippen LogP contribution in [0.1, 0.15) is 24.9 Å². The molecule has 1 unspecified atom stereocenters. The summed E-state index contributed by atoms with van der Waals surface area (Å²) in [6, 6.07) is 18.6. The van der Waals surface area contributed by atoms with Crippen LogP contribution in [0, 0.1) is 0 Å². The van der Waals surface area contributed by atoms with Gasteiger partial charge in [0.25, 0.3) is 0 Å². The maximum atomic E-state index is 6.05. The summed E-state index contributed by atoms with van der Waals surface area (Å²) >= 11 is 0. The van der Waals surface area contributed by atoms with Crippen molar-refractivity contribution in [1.82, 2.24) is 9.78 Å². The molecule has 0 aliphatic heterocycles. The standard InChI is InChI=1S/C18H19N3/c1-2-18(19)15-10-8-14(9-11-15)16-12-20-21(13-16)17-6-4-3-5-7-17/h3-13,18H,2,19H2,1H3. The Morgan fingerprint density at radius 3 is 2.38 bits per heavy atom. The first-order valence-electron chi connectivity index (χ1n) is 7.24. The molecule has 3 aromatic rings. The molecule has 3 rings (SSSR count). The number of aromatic nitrogens is 2. The van der Waals surface area contributed by atoms with Gasteiger partial charge in [0.15, 0.2) is 0 Å². The molecule has 106 valence electrons. The van der Waals surface area contributed by atoms with E-state index in [4.69, 9.17) is 5.73 Å². The van der Waals surface area contributed by atoms with Gasteiger partial charge in [-0.15, -0.1) is 0 Å². The van der Waals surface area contributed by atoms with Crippen LogP contribution in [0.2, 0.25) is 0 Å². The molecular weight excluding hydrogens is 258 g/mol. The van der Waals surface area contributed by atoms with E-state index in [1.165, 1.54) is 5.56 Å². The minimum Gasteiger partial charge on any atom is -0.324 e. The molecule has 1 aromatic heterocycles. The minimum atomic E-state index is 0.117. The lowest BCUT2D eigenvalue weighted by Crippen LogP contribution is -2.07. The number of nitrogens with zero attached hydrogens (tertiary/aromatic N) is 2. The van der Waals surface area contributed by atoms with Crippen LogP contribution in [0.25, 0.3) is 16.8 Å². The monoisotopic (exact) mass is 277 g/mol. The van der Waals surface area contributed by atoms with Gasteiger partial charge in [-0.3, -0.25) is 0 Å². The highest BCUT2D eigenvalue weighted by atomic mass is 15.3. The van der Waals surface area contributed by atoms with E-state index in [1.54, 1.807) is 0 Å². The van der Waals surface area contributed by atoms with Crippen molar-refractivity contribution in [1.29, 1.82) is 0 Å². The van der Waals surface area contributed by atoms with E-state index in [2.05, 4.69) is 36.3 Å². The van der Waals surface area contributed by atoms with Gasteiger partial charge in [-0.05, 0) is 29.7 Å². The largest absolute Gasteiger partial charge is 0.324 e. The van der Waals surface area contributed by atoms with Crippen LogP contribution in [-0.2, 0) is 0 Å². The zero-order valence-electron chi connectivity index (χ0n) is 12.1. The van der Waals surface area contributed by atoms with E-state index in [-0.39, 0.29) is 6.04 Å². The van der Waals surface area contributed by atoms with Crippen molar-refractivity contribution in [3.63, 3.8) is 0 Å². The van der Waals surface area contributed by atoms with Crippen molar-refractivity contribution in [2.75, 3.05) is 0 Å². The number of hydrogen-bond donors (Lipinski definition) is 1. The molecule has 2 aromatic carbocycles. The Morgan fingerprint density at radius 1 is 1.00 bits per heavy atom. The van der Waals surface area contributed by atoms with Crippen LogP contribution in [0.3, 0.4) is 0 Å². The van der Waals surface area contributed by atoms with E-state index in [9.17, 15) is 0 Å². The number of hydrogen-bond acceptors (Lipinski definition) is 2. The minimum absolute atomic E-state index is 0.117. The van der Waals surface area contributed by atoms with E-state index < -0.39 is 0 Å². The van der Waals surface area contributed by atoms with Gasteiger partial charge in [-0.25, -0.2) is 4.68 Å². The van der Waals surface area contributed by atoms with Crippen LogP contribution >= 0.6 is 0 Å². The summed E-state index contributed by atoms with van der Waals surface area (Å²) in [5.41, 5.74) is 10.6. The van der Waals surface area contributed by atoms with E-state index in [1.807, 2.05) is 47.4 Å². The average molecular weight is 277 g/mol. The Morgan fingerprint density at radius 2 is 1.71 bits per heavy atom. The van der Waals surface area contributed by atoms with Crippen molar-refractivity contribution >= 4 is 0 Å². The Kier molecular flexibility index (Phi) is 3.84. The molecule has 0 saturated carbocycles. The highest BCUT2D eigenvalue weighted by Gasteiger charge is 2.06. The summed E-state index contributed by atoms with van der Waals surface area (Å²) in [5, 5.41) is 4.43. The topological polar surface area (TPSA) is 43.8 Å². The number of nitrogens with two attached hydrogens (primary N) is 1. The molecule has 2 N–H and O–H groups in total. The average Bonchev–Trinajstić information content (AvgIpc) is 3.05. The van der Waals surface area contributed by atoms with Crippen LogP contribution in [0.5, 0.6) is 0 Å². The molecule has 1 atom stereocenters. The van der Waals surface area contributed by atoms with Gasteiger partial charge in [0.1, 0.15) is 0 Å². The van der Waals surface area contributed by atoms with Gasteiger partial charge in [-0.2, -0.15) is 5.10 Å². The predicted octanol–water partition coefficient (Wildman–Crippen LogP) is 3.95. The maximum absolute atomic E-state index is 6.05. The third-order valence-corrected chi connectivity index (χ3v) is 3.72.